The third kappa shape index (κ3) is 2.69. The Labute approximate surface area is 135 Å². The van der Waals surface area contributed by atoms with Gasteiger partial charge in [-0.15, -0.1) is 0 Å². The van der Waals surface area contributed by atoms with E-state index in [9.17, 15) is 10.1 Å². The summed E-state index contributed by atoms with van der Waals surface area (Å²) >= 11 is 2.16. The molecule has 7 heteroatoms. The molecule has 0 bridgehead atoms. The normalized spacial score (nSPS) is 14.2. The van der Waals surface area contributed by atoms with Gasteiger partial charge in [-0.1, -0.05) is 6.07 Å². The van der Waals surface area contributed by atoms with Gasteiger partial charge in [-0.3, -0.25) is 10.1 Å². The zero-order valence-electron chi connectivity index (χ0n) is 11.3. The van der Waals surface area contributed by atoms with Crippen LogP contribution in [0.1, 0.15) is 30.0 Å². The number of non-ortho nitro benzene ring substituents is 1. The van der Waals surface area contributed by atoms with Crippen LogP contribution in [0.25, 0.3) is 11.4 Å². The Morgan fingerprint density at radius 3 is 2.71 bits per heavy atom. The molecule has 0 spiro atoms. The predicted molar refractivity (Wildman–Crippen MR) is 88.0 cm³/mol. The van der Waals surface area contributed by atoms with Crippen molar-refractivity contribution < 1.29 is 4.92 Å². The second-order valence-corrected chi connectivity index (χ2v) is 6.24. The standard InChI is InChI=1S/C14H13IN4O2/c1-7-2-5-9(19(20)21)6-10(7)14-17-12(8-3-4-8)11(15)13(16)18-14/h2,5-6,8H,3-4H2,1H3,(H2,16,17,18). The fourth-order valence-electron chi connectivity index (χ4n) is 2.19. The van der Waals surface area contributed by atoms with Crippen LogP contribution in [-0.4, -0.2) is 14.9 Å². The van der Waals surface area contributed by atoms with Crippen LogP contribution in [0.15, 0.2) is 18.2 Å². The van der Waals surface area contributed by atoms with Gasteiger partial charge in [0.2, 0.25) is 0 Å². The second-order valence-electron chi connectivity index (χ2n) is 5.16. The molecular formula is C14H13IN4O2. The molecule has 0 atom stereocenters. The van der Waals surface area contributed by atoms with E-state index in [1.165, 1.54) is 12.1 Å². The maximum atomic E-state index is 10.9. The highest BCUT2D eigenvalue weighted by Gasteiger charge is 2.29. The molecule has 108 valence electrons. The van der Waals surface area contributed by atoms with Crippen molar-refractivity contribution in [1.82, 2.24) is 9.97 Å². The number of hydrogen-bond donors (Lipinski definition) is 1. The van der Waals surface area contributed by atoms with E-state index in [1.54, 1.807) is 6.07 Å². The number of nitrogen functional groups attached to an aromatic ring is 1. The molecule has 1 heterocycles. The van der Waals surface area contributed by atoms with Gasteiger partial charge in [0.05, 0.1) is 14.2 Å². The molecule has 0 unspecified atom stereocenters. The van der Waals surface area contributed by atoms with E-state index >= 15 is 0 Å². The van der Waals surface area contributed by atoms with Gasteiger partial charge in [-0.2, -0.15) is 0 Å². The van der Waals surface area contributed by atoms with Crippen molar-refractivity contribution >= 4 is 34.1 Å². The lowest BCUT2D eigenvalue weighted by atomic mass is 10.1. The van der Waals surface area contributed by atoms with Crippen molar-refractivity contribution in [2.24, 2.45) is 0 Å². The Bertz CT molecular complexity index is 744. The summed E-state index contributed by atoms with van der Waals surface area (Å²) in [7, 11) is 0. The average molecular weight is 396 g/mol. The van der Waals surface area contributed by atoms with Crippen molar-refractivity contribution in [3.8, 4) is 11.4 Å². The summed E-state index contributed by atoms with van der Waals surface area (Å²) in [5.41, 5.74) is 8.53. The third-order valence-electron chi connectivity index (χ3n) is 3.54. The van der Waals surface area contributed by atoms with Crippen LogP contribution in [-0.2, 0) is 0 Å². The Morgan fingerprint density at radius 2 is 2.10 bits per heavy atom. The van der Waals surface area contributed by atoms with Crippen LogP contribution < -0.4 is 5.73 Å². The molecule has 0 amide bonds. The van der Waals surface area contributed by atoms with Crippen LogP contribution in [0.3, 0.4) is 0 Å². The first-order chi connectivity index (χ1) is 9.97. The summed E-state index contributed by atoms with van der Waals surface area (Å²) in [5, 5.41) is 10.9. The smallest absolute Gasteiger partial charge is 0.270 e. The number of rotatable bonds is 3. The maximum Gasteiger partial charge on any atom is 0.270 e. The predicted octanol–water partition coefficient (Wildman–Crippen LogP) is 3.42. The van der Waals surface area contributed by atoms with E-state index in [1.807, 2.05) is 6.92 Å². The quantitative estimate of drug-likeness (QED) is 0.487. The van der Waals surface area contributed by atoms with Gasteiger partial charge in [-0.05, 0) is 47.9 Å². The van der Waals surface area contributed by atoms with Gasteiger partial charge in [0.15, 0.2) is 5.82 Å². The molecule has 0 saturated heterocycles. The van der Waals surface area contributed by atoms with E-state index in [0.29, 0.717) is 23.1 Å². The molecule has 1 saturated carbocycles. The van der Waals surface area contributed by atoms with Crippen molar-refractivity contribution in [3.05, 3.63) is 43.1 Å². The minimum absolute atomic E-state index is 0.0318. The molecule has 1 aliphatic carbocycles. The zero-order valence-corrected chi connectivity index (χ0v) is 13.5. The lowest BCUT2D eigenvalue weighted by Gasteiger charge is -2.10. The number of nitrogens with zero attached hydrogens (tertiary/aromatic N) is 3. The van der Waals surface area contributed by atoms with Crippen LogP contribution >= 0.6 is 22.6 Å². The Kier molecular flexibility index (Phi) is 3.52. The van der Waals surface area contributed by atoms with Crippen molar-refractivity contribution in [1.29, 1.82) is 0 Å². The van der Waals surface area contributed by atoms with Gasteiger partial charge in [0.25, 0.3) is 5.69 Å². The third-order valence-corrected chi connectivity index (χ3v) is 4.64. The number of benzene rings is 1. The minimum Gasteiger partial charge on any atom is -0.383 e. The average Bonchev–Trinajstić information content (AvgIpc) is 3.26. The number of halogens is 1. The largest absolute Gasteiger partial charge is 0.383 e. The van der Waals surface area contributed by atoms with Gasteiger partial charge in [-0.25, -0.2) is 9.97 Å². The first-order valence-corrected chi connectivity index (χ1v) is 7.63. The summed E-state index contributed by atoms with van der Waals surface area (Å²) in [5.74, 6) is 1.35. The highest BCUT2D eigenvalue weighted by molar-refractivity contribution is 14.1. The van der Waals surface area contributed by atoms with E-state index in [0.717, 1.165) is 27.7 Å². The molecule has 21 heavy (non-hydrogen) atoms. The molecular weight excluding hydrogens is 383 g/mol. The molecule has 1 aliphatic rings. The molecule has 3 rings (SSSR count). The van der Waals surface area contributed by atoms with Crippen molar-refractivity contribution in [2.75, 3.05) is 5.73 Å². The zero-order chi connectivity index (χ0) is 15.1. The summed E-state index contributed by atoms with van der Waals surface area (Å²) in [6.45, 7) is 1.88. The minimum atomic E-state index is -0.416. The van der Waals surface area contributed by atoms with Crippen molar-refractivity contribution in [2.45, 2.75) is 25.7 Å². The SMILES string of the molecule is Cc1ccc([N+](=O)[O-])cc1-c1nc(N)c(I)c(C2CC2)n1. The molecule has 1 aromatic carbocycles. The van der Waals surface area contributed by atoms with E-state index in [2.05, 4.69) is 32.6 Å². The Morgan fingerprint density at radius 1 is 1.38 bits per heavy atom. The number of hydrogen-bond acceptors (Lipinski definition) is 5. The number of nitrogens with two attached hydrogens (primary N) is 1. The Hall–Kier alpha value is -1.77. The molecule has 0 radical (unpaired) electrons. The second kappa shape index (κ2) is 5.21. The van der Waals surface area contributed by atoms with Gasteiger partial charge in [0.1, 0.15) is 5.82 Å². The van der Waals surface area contributed by atoms with Crippen LogP contribution in [0.2, 0.25) is 0 Å². The molecule has 1 fully saturated rings. The highest BCUT2D eigenvalue weighted by atomic mass is 127. The van der Waals surface area contributed by atoms with E-state index in [-0.39, 0.29) is 5.69 Å². The fraction of sp³-hybridized carbons (Fsp3) is 0.286. The molecule has 2 N–H and O–H groups in total. The van der Waals surface area contributed by atoms with Crippen molar-refractivity contribution in [3.63, 3.8) is 0 Å². The van der Waals surface area contributed by atoms with Gasteiger partial charge >= 0.3 is 0 Å². The molecule has 2 aromatic rings. The van der Waals surface area contributed by atoms with Crippen LogP contribution in [0, 0.1) is 20.6 Å². The maximum absolute atomic E-state index is 10.9. The summed E-state index contributed by atoms with van der Waals surface area (Å²) in [6.07, 6.45) is 2.22. The lowest BCUT2D eigenvalue weighted by molar-refractivity contribution is -0.384. The number of anilines is 1. The van der Waals surface area contributed by atoms with Gasteiger partial charge in [0, 0.05) is 23.6 Å². The lowest BCUT2D eigenvalue weighted by Crippen LogP contribution is -2.05. The first-order valence-electron chi connectivity index (χ1n) is 6.55. The van der Waals surface area contributed by atoms with Gasteiger partial charge < -0.3 is 5.73 Å². The highest BCUT2D eigenvalue weighted by Crippen LogP contribution is 2.42. The summed E-state index contributed by atoms with van der Waals surface area (Å²) in [4.78, 5) is 19.4. The molecule has 6 nitrogen and oxygen atoms in total. The molecule has 0 aliphatic heterocycles. The number of nitro groups is 1. The van der Waals surface area contributed by atoms with E-state index < -0.39 is 4.92 Å². The first kappa shape index (κ1) is 14.2. The topological polar surface area (TPSA) is 94.9 Å². The van der Waals surface area contributed by atoms with Crippen LogP contribution in [0.5, 0.6) is 0 Å². The number of aromatic nitrogens is 2. The number of nitro benzene ring substituents is 1. The monoisotopic (exact) mass is 396 g/mol. The fourth-order valence-corrected chi connectivity index (χ4v) is 2.88. The van der Waals surface area contributed by atoms with E-state index in [4.69, 9.17) is 5.73 Å². The van der Waals surface area contributed by atoms with Crippen LogP contribution in [0.4, 0.5) is 11.5 Å². The Balaban J connectivity index is 2.16. The summed E-state index contributed by atoms with van der Waals surface area (Å²) in [6, 6.07) is 4.70. The summed E-state index contributed by atoms with van der Waals surface area (Å²) < 4.78 is 0.891. The number of aryl methyl sites for hydroxylation is 1. The molecule has 1 aromatic heterocycles.